The molecule has 150 valence electrons. The third-order valence-corrected chi connectivity index (χ3v) is 4.86. The summed E-state index contributed by atoms with van der Waals surface area (Å²) in [5, 5.41) is 2.96. The normalized spacial score (nSPS) is 15.8. The molecule has 1 atom stereocenters. The SMILES string of the molecule is COc1ccc(OC(C)C(=O)NCc2cccnc2N2CCN(C)CC2)cc1. The Kier molecular flexibility index (Phi) is 6.71. The number of likely N-dealkylation sites (N-methyl/N-ethyl adjacent to an activating group) is 1. The summed E-state index contributed by atoms with van der Waals surface area (Å²) in [6.07, 6.45) is 1.20. The minimum Gasteiger partial charge on any atom is -0.497 e. The number of nitrogens with zero attached hydrogens (tertiary/aromatic N) is 3. The van der Waals surface area contributed by atoms with Crippen LogP contribution in [0.2, 0.25) is 0 Å². The Bertz CT molecular complexity index is 773. The highest BCUT2D eigenvalue weighted by Gasteiger charge is 2.19. The predicted molar refractivity (Wildman–Crippen MR) is 109 cm³/mol. The molecule has 1 fully saturated rings. The number of anilines is 1. The molecule has 7 heteroatoms. The molecule has 0 saturated carbocycles. The largest absolute Gasteiger partial charge is 0.497 e. The maximum atomic E-state index is 12.5. The molecule has 1 amide bonds. The second-order valence-electron chi connectivity index (χ2n) is 6.93. The Morgan fingerprint density at radius 2 is 1.82 bits per heavy atom. The molecule has 2 heterocycles. The standard InChI is InChI=1S/C21H28N4O3/c1-16(28-19-8-6-18(27-3)7-9-19)21(26)23-15-17-5-4-10-22-20(17)25-13-11-24(2)12-14-25/h4-10,16H,11-15H2,1-3H3,(H,23,26). The molecule has 1 N–H and O–H groups in total. The minimum absolute atomic E-state index is 0.163. The van der Waals surface area contributed by atoms with Crippen LogP contribution in [0.1, 0.15) is 12.5 Å². The number of carbonyl (C=O) groups excluding carboxylic acids is 1. The quantitative estimate of drug-likeness (QED) is 0.787. The van der Waals surface area contributed by atoms with Crippen LogP contribution in [0.15, 0.2) is 42.6 Å². The zero-order valence-electron chi connectivity index (χ0n) is 16.7. The van der Waals surface area contributed by atoms with Crippen LogP contribution in [-0.2, 0) is 11.3 Å². The first kappa shape index (κ1) is 19.9. The summed E-state index contributed by atoms with van der Waals surface area (Å²) in [7, 11) is 3.74. The van der Waals surface area contributed by atoms with E-state index in [-0.39, 0.29) is 5.91 Å². The van der Waals surface area contributed by atoms with Gasteiger partial charge in [-0.05, 0) is 44.3 Å². The van der Waals surface area contributed by atoms with E-state index in [4.69, 9.17) is 9.47 Å². The number of aromatic nitrogens is 1. The van der Waals surface area contributed by atoms with Crippen molar-refractivity contribution in [1.29, 1.82) is 0 Å². The van der Waals surface area contributed by atoms with Gasteiger partial charge in [0, 0.05) is 44.5 Å². The summed E-state index contributed by atoms with van der Waals surface area (Å²) in [4.78, 5) is 21.6. The van der Waals surface area contributed by atoms with E-state index in [1.807, 2.05) is 12.1 Å². The van der Waals surface area contributed by atoms with Gasteiger partial charge in [-0.3, -0.25) is 4.79 Å². The maximum absolute atomic E-state index is 12.5. The summed E-state index contributed by atoms with van der Waals surface area (Å²) in [5.41, 5.74) is 1.01. The first-order chi connectivity index (χ1) is 13.6. The van der Waals surface area contributed by atoms with Crippen LogP contribution in [-0.4, -0.2) is 62.2 Å². The van der Waals surface area contributed by atoms with Gasteiger partial charge in [-0.1, -0.05) is 6.07 Å². The lowest BCUT2D eigenvalue weighted by Crippen LogP contribution is -2.45. The lowest BCUT2D eigenvalue weighted by molar-refractivity contribution is -0.127. The van der Waals surface area contributed by atoms with Gasteiger partial charge in [0.2, 0.25) is 0 Å². The highest BCUT2D eigenvalue weighted by atomic mass is 16.5. The van der Waals surface area contributed by atoms with Crippen LogP contribution in [0.25, 0.3) is 0 Å². The third-order valence-electron chi connectivity index (χ3n) is 4.86. The van der Waals surface area contributed by atoms with E-state index < -0.39 is 6.10 Å². The van der Waals surface area contributed by atoms with Crippen molar-refractivity contribution >= 4 is 11.7 Å². The number of nitrogens with one attached hydrogen (secondary N) is 1. The Morgan fingerprint density at radius 3 is 2.50 bits per heavy atom. The van der Waals surface area contributed by atoms with Gasteiger partial charge in [-0.15, -0.1) is 0 Å². The van der Waals surface area contributed by atoms with E-state index in [0.29, 0.717) is 12.3 Å². The first-order valence-corrected chi connectivity index (χ1v) is 9.52. The summed E-state index contributed by atoms with van der Waals surface area (Å²) in [5.74, 6) is 2.16. The Hall–Kier alpha value is -2.80. The molecule has 1 saturated heterocycles. The van der Waals surface area contributed by atoms with Gasteiger partial charge in [0.05, 0.1) is 7.11 Å². The number of pyridine rings is 1. The van der Waals surface area contributed by atoms with Crippen molar-refractivity contribution in [2.75, 3.05) is 45.2 Å². The lowest BCUT2D eigenvalue weighted by Gasteiger charge is -2.34. The van der Waals surface area contributed by atoms with Gasteiger partial charge in [0.1, 0.15) is 17.3 Å². The first-order valence-electron chi connectivity index (χ1n) is 9.52. The number of hydrogen-bond acceptors (Lipinski definition) is 6. The van der Waals surface area contributed by atoms with Crippen molar-refractivity contribution in [2.24, 2.45) is 0 Å². The van der Waals surface area contributed by atoms with Gasteiger partial charge in [-0.2, -0.15) is 0 Å². The number of carbonyl (C=O) groups is 1. The number of amides is 1. The monoisotopic (exact) mass is 384 g/mol. The molecule has 0 aliphatic carbocycles. The second kappa shape index (κ2) is 9.41. The summed E-state index contributed by atoms with van der Waals surface area (Å²) in [6, 6.07) is 11.1. The van der Waals surface area contributed by atoms with Gasteiger partial charge < -0.3 is 24.6 Å². The van der Waals surface area contributed by atoms with Crippen molar-refractivity contribution in [3.05, 3.63) is 48.2 Å². The molecule has 2 aromatic rings. The van der Waals surface area contributed by atoms with E-state index in [0.717, 1.165) is 43.3 Å². The zero-order valence-corrected chi connectivity index (χ0v) is 16.7. The number of benzene rings is 1. The predicted octanol–water partition coefficient (Wildman–Crippen LogP) is 1.93. The van der Waals surface area contributed by atoms with Gasteiger partial charge in [0.25, 0.3) is 5.91 Å². The molecular formula is C21H28N4O3. The van der Waals surface area contributed by atoms with Gasteiger partial charge in [-0.25, -0.2) is 4.98 Å². The minimum atomic E-state index is -0.600. The van der Waals surface area contributed by atoms with Crippen LogP contribution >= 0.6 is 0 Å². The molecule has 1 aromatic heterocycles. The molecule has 1 aliphatic heterocycles. The number of ether oxygens (including phenoxy) is 2. The molecule has 1 aliphatic rings. The molecule has 1 aromatic carbocycles. The lowest BCUT2D eigenvalue weighted by atomic mass is 10.2. The molecule has 0 bridgehead atoms. The molecule has 28 heavy (non-hydrogen) atoms. The van der Waals surface area contributed by atoms with Crippen molar-refractivity contribution in [2.45, 2.75) is 19.6 Å². The Labute approximate surface area is 166 Å². The fourth-order valence-electron chi connectivity index (χ4n) is 3.11. The van der Waals surface area contributed by atoms with Gasteiger partial charge in [0.15, 0.2) is 6.10 Å². The van der Waals surface area contributed by atoms with E-state index >= 15 is 0 Å². The highest BCUT2D eigenvalue weighted by molar-refractivity contribution is 5.80. The van der Waals surface area contributed by atoms with Crippen molar-refractivity contribution in [3.63, 3.8) is 0 Å². The molecule has 0 radical (unpaired) electrons. The molecule has 3 rings (SSSR count). The van der Waals surface area contributed by atoms with E-state index in [1.54, 1.807) is 44.5 Å². The molecule has 1 unspecified atom stereocenters. The van der Waals surface area contributed by atoms with Crippen LogP contribution in [0.5, 0.6) is 11.5 Å². The topological polar surface area (TPSA) is 66.9 Å². The van der Waals surface area contributed by atoms with E-state index in [9.17, 15) is 4.79 Å². The molecular weight excluding hydrogens is 356 g/mol. The average Bonchev–Trinajstić information content (AvgIpc) is 2.73. The third kappa shape index (κ3) is 5.13. The number of hydrogen-bond donors (Lipinski definition) is 1. The fourth-order valence-corrected chi connectivity index (χ4v) is 3.11. The molecule has 7 nitrogen and oxygen atoms in total. The van der Waals surface area contributed by atoms with Crippen LogP contribution in [0.3, 0.4) is 0 Å². The van der Waals surface area contributed by atoms with Crippen LogP contribution < -0.4 is 19.7 Å². The van der Waals surface area contributed by atoms with Crippen LogP contribution in [0, 0.1) is 0 Å². The molecule has 0 spiro atoms. The smallest absolute Gasteiger partial charge is 0.261 e. The van der Waals surface area contributed by atoms with Crippen LogP contribution in [0.4, 0.5) is 5.82 Å². The summed E-state index contributed by atoms with van der Waals surface area (Å²) in [6.45, 7) is 6.05. The average molecular weight is 384 g/mol. The van der Waals surface area contributed by atoms with Gasteiger partial charge >= 0.3 is 0 Å². The maximum Gasteiger partial charge on any atom is 0.261 e. The Balaban J connectivity index is 1.56. The van der Waals surface area contributed by atoms with Crippen molar-refractivity contribution < 1.29 is 14.3 Å². The number of rotatable bonds is 7. The number of methoxy groups -OCH3 is 1. The second-order valence-corrected chi connectivity index (χ2v) is 6.93. The summed E-state index contributed by atoms with van der Waals surface area (Å²) < 4.78 is 10.9. The van der Waals surface area contributed by atoms with E-state index in [1.165, 1.54) is 0 Å². The van der Waals surface area contributed by atoms with Crippen molar-refractivity contribution in [3.8, 4) is 11.5 Å². The zero-order chi connectivity index (χ0) is 19.9. The summed E-state index contributed by atoms with van der Waals surface area (Å²) >= 11 is 0. The number of piperazine rings is 1. The van der Waals surface area contributed by atoms with Crippen molar-refractivity contribution in [1.82, 2.24) is 15.2 Å². The Morgan fingerprint density at radius 1 is 1.14 bits per heavy atom. The fraction of sp³-hybridized carbons (Fsp3) is 0.429. The van der Waals surface area contributed by atoms with E-state index in [2.05, 4.69) is 27.1 Å². The highest BCUT2D eigenvalue weighted by Crippen LogP contribution is 2.20.